The molecule has 1 aliphatic heterocycles. The van der Waals surface area contributed by atoms with E-state index < -0.39 is 0 Å². The standard InChI is InChI=1S/C14H23ClN4/c1-3-16-11-13-12(15)5-6-14(17-13)19-8-4-7-18(2)9-10-19/h5-6,16H,3-4,7-11H2,1-2H3. The van der Waals surface area contributed by atoms with Crippen molar-refractivity contribution in [3.63, 3.8) is 0 Å². The lowest BCUT2D eigenvalue weighted by Gasteiger charge is -2.22. The van der Waals surface area contributed by atoms with Gasteiger partial charge in [-0.3, -0.25) is 0 Å². The third-order valence-corrected chi connectivity index (χ3v) is 3.83. The number of nitrogens with one attached hydrogen (secondary N) is 1. The number of rotatable bonds is 4. The van der Waals surface area contributed by atoms with Crippen LogP contribution in [-0.2, 0) is 6.54 Å². The largest absolute Gasteiger partial charge is 0.355 e. The minimum Gasteiger partial charge on any atom is -0.355 e. The minimum atomic E-state index is 0.733. The second-order valence-corrected chi connectivity index (χ2v) is 5.43. The summed E-state index contributed by atoms with van der Waals surface area (Å²) in [6.07, 6.45) is 1.18. The molecule has 1 aromatic heterocycles. The van der Waals surface area contributed by atoms with Crippen molar-refractivity contribution in [2.24, 2.45) is 0 Å². The molecule has 2 rings (SSSR count). The van der Waals surface area contributed by atoms with Crippen LogP contribution in [-0.4, -0.2) is 49.7 Å². The molecule has 0 unspecified atom stereocenters. The molecule has 5 heteroatoms. The highest BCUT2D eigenvalue weighted by atomic mass is 35.5. The van der Waals surface area contributed by atoms with E-state index in [4.69, 9.17) is 16.6 Å². The molecule has 19 heavy (non-hydrogen) atoms. The van der Waals surface area contributed by atoms with Crippen molar-refractivity contribution in [3.05, 3.63) is 22.8 Å². The molecular weight excluding hydrogens is 260 g/mol. The van der Waals surface area contributed by atoms with Crippen LogP contribution in [0.1, 0.15) is 19.0 Å². The number of halogens is 1. The van der Waals surface area contributed by atoms with Gasteiger partial charge in [-0.1, -0.05) is 18.5 Å². The van der Waals surface area contributed by atoms with Crippen molar-refractivity contribution in [1.82, 2.24) is 15.2 Å². The van der Waals surface area contributed by atoms with Gasteiger partial charge in [0.2, 0.25) is 0 Å². The molecule has 0 aliphatic carbocycles. The van der Waals surface area contributed by atoms with Crippen molar-refractivity contribution < 1.29 is 0 Å². The van der Waals surface area contributed by atoms with Gasteiger partial charge in [-0.05, 0) is 38.7 Å². The molecule has 106 valence electrons. The van der Waals surface area contributed by atoms with E-state index in [-0.39, 0.29) is 0 Å². The summed E-state index contributed by atoms with van der Waals surface area (Å²) in [5.41, 5.74) is 0.943. The normalized spacial score (nSPS) is 17.5. The molecule has 1 fully saturated rings. The SMILES string of the molecule is CCNCc1nc(N2CCCN(C)CC2)ccc1Cl. The van der Waals surface area contributed by atoms with Crippen molar-refractivity contribution in [2.75, 3.05) is 44.7 Å². The van der Waals surface area contributed by atoms with Gasteiger partial charge in [0.05, 0.1) is 10.7 Å². The maximum Gasteiger partial charge on any atom is 0.129 e. The average Bonchev–Trinajstić information content (AvgIpc) is 2.63. The first-order valence-electron chi connectivity index (χ1n) is 7.00. The van der Waals surface area contributed by atoms with Gasteiger partial charge in [0.15, 0.2) is 0 Å². The highest BCUT2D eigenvalue weighted by Crippen LogP contribution is 2.20. The fourth-order valence-electron chi connectivity index (χ4n) is 2.29. The Balaban J connectivity index is 2.10. The summed E-state index contributed by atoms with van der Waals surface area (Å²) in [6, 6.07) is 3.99. The summed E-state index contributed by atoms with van der Waals surface area (Å²) in [5, 5.41) is 4.03. The second kappa shape index (κ2) is 7.08. The molecule has 4 nitrogen and oxygen atoms in total. The van der Waals surface area contributed by atoms with Gasteiger partial charge < -0.3 is 15.1 Å². The second-order valence-electron chi connectivity index (χ2n) is 5.02. The fourth-order valence-corrected chi connectivity index (χ4v) is 2.46. The summed E-state index contributed by atoms with van der Waals surface area (Å²) < 4.78 is 0. The van der Waals surface area contributed by atoms with E-state index >= 15 is 0 Å². The molecule has 1 aliphatic rings. The van der Waals surface area contributed by atoms with E-state index in [1.807, 2.05) is 12.1 Å². The van der Waals surface area contributed by atoms with Crippen molar-refractivity contribution in [2.45, 2.75) is 19.9 Å². The summed E-state index contributed by atoms with van der Waals surface area (Å²) >= 11 is 6.20. The molecule has 0 atom stereocenters. The smallest absolute Gasteiger partial charge is 0.129 e. The molecule has 0 saturated carbocycles. The van der Waals surface area contributed by atoms with E-state index in [0.29, 0.717) is 0 Å². The summed E-state index contributed by atoms with van der Waals surface area (Å²) in [5.74, 6) is 1.05. The molecule has 2 heterocycles. The Morgan fingerprint density at radius 3 is 2.89 bits per heavy atom. The summed E-state index contributed by atoms with van der Waals surface area (Å²) in [6.45, 7) is 8.10. The van der Waals surface area contributed by atoms with Gasteiger partial charge in [-0.15, -0.1) is 0 Å². The third kappa shape index (κ3) is 4.06. The summed E-state index contributed by atoms with van der Waals surface area (Å²) in [7, 11) is 2.18. The zero-order valence-electron chi connectivity index (χ0n) is 11.8. The Morgan fingerprint density at radius 1 is 1.26 bits per heavy atom. The molecule has 0 bridgehead atoms. The number of anilines is 1. The number of pyridine rings is 1. The number of aromatic nitrogens is 1. The number of nitrogens with zero attached hydrogens (tertiary/aromatic N) is 3. The van der Waals surface area contributed by atoms with Crippen LogP contribution in [0.3, 0.4) is 0 Å². The third-order valence-electron chi connectivity index (χ3n) is 3.49. The van der Waals surface area contributed by atoms with Crippen LogP contribution < -0.4 is 10.2 Å². The van der Waals surface area contributed by atoms with Crippen LogP contribution in [0.15, 0.2) is 12.1 Å². The number of hydrogen-bond donors (Lipinski definition) is 1. The monoisotopic (exact) mass is 282 g/mol. The number of hydrogen-bond acceptors (Lipinski definition) is 4. The molecule has 1 saturated heterocycles. The first kappa shape index (κ1) is 14.6. The Hall–Kier alpha value is -0.840. The fraction of sp³-hybridized carbons (Fsp3) is 0.643. The molecule has 0 amide bonds. The Morgan fingerprint density at radius 2 is 2.11 bits per heavy atom. The highest BCUT2D eigenvalue weighted by Gasteiger charge is 2.14. The minimum absolute atomic E-state index is 0.733. The molecule has 1 aromatic rings. The first-order valence-corrected chi connectivity index (χ1v) is 7.38. The van der Waals surface area contributed by atoms with Gasteiger partial charge in [-0.2, -0.15) is 0 Å². The molecule has 0 aromatic carbocycles. The lowest BCUT2D eigenvalue weighted by Crippen LogP contribution is -2.29. The average molecular weight is 283 g/mol. The Bertz CT molecular complexity index is 410. The van der Waals surface area contributed by atoms with Crippen LogP contribution in [0.2, 0.25) is 5.02 Å². The van der Waals surface area contributed by atoms with Crippen LogP contribution in [0.4, 0.5) is 5.82 Å². The zero-order chi connectivity index (χ0) is 13.7. The maximum atomic E-state index is 6.20. The van der Waals surface area contributed by atoms with Crippen molar-refractivity contribution in [3.8, 4) is 0 Å². The van der Waals surface area contributed by atoms with Crippen molar-refractivity contribution >= 4 is 17.4 Å². The molecular formula is C14H23ClN4. The molecule has 0 spiro atoms. The van der Waals surface area contributed by atoms with Crippen LogP contribution in [0.25, 0.3) is 0 Å². The number of likely N-dealkylation sites (N-methyl/N-ethyl adjacent to an activating group) is 1. The highest BCUT2D eigenvalue weighted by molar-refractivity contribution is 6.31. The van der Waals surface area contributed by atoms with Crippen LogP contribution in [0, 0.1) is 0 Å². The van der Waals surface area contributed by atoms with Gasteiger partial charge in [0, 0.05) is 26.2 Å². The predicted octanol–water partition coefficient (Wildman–Crippen LogP) is 1.99. The van der Waals surface area contributed by atoms with Gasteiger partial charge in [-0.25, -0.2) is 4.98 Å². The van der Waals surface area contributed by atoms with Crippen molar-refractivity contribution in [1.29, 1.82) is 0 Å². The Kier molecular flexibility index (Phi) is 5.43. The van der Waals surface area contributed by atoms with E-state index in [9.17, 15) is 0 Å². The molecule has 0 radical (unpaired) electrons. The topological polar surface area (TPSA) is 31.4 Å². The van der Waals surface area contributed by atoms with E-state index in [1.165, 1.54) is 6.42 Å². The lowest BCUT2D eigenvalue weighted by atomic mass is 10.3. The van der Waals surface area contributed by atoms with Gasteiger partial charge in [0.25, 0.3) is 0 Å². The van der Waals surface area contributed by atoms with Gasteiger partial charge >= 0.3 is 0 Å². The van der Waals surface area contributed by atoms with E-state index in [2.05, 4.69) is 29.1 Å². The maximum absolute atomic E-state index is 6.20. The quantitative estimate of drug-likeness (QED) is 0.915. The van der Waals surface area contributed by atoms with Crippen LogP contribution >= 0.6 is 11.6 Å². The lowest BCUT2D eigenvalue weighted by molar-refractivity contribution is 0.360. The Labute approximate surface area is 120 Å². The first-order chi connectivity index (χ1) is 9.20. The summed E-state index contributed by atoms with van der Waals surface area (Å²) in [4.78, 5) is 9.44. The van der Waals surface area contributed by atoms with E-state index in [0.717, 1.165) is 55.8 Å². The zero-order valence-corrected chi connectivity index (χ0v) is 12.6. The molecule has 1 N–H and O–H groups in total. The van der Waals surface area contributed by atoms with E-state index in [1.54, 1.807) is 0 Å². The van der Waals surface area contributed by atoms with Crippen LogP contribution in [0.5, 0.6) is 0 Å². The van der Waals surface area contributed by atoms with Gasteiger partial charge in [0.1, 0.15) is 5.82 Å². The predicted molar refractivity (Wildman–Crippen MR) is 81.0 cm³/mol.